The van der Waals surface area contributed by atoms with Crippen LogP contribution in [0.5, 0.6) is 11.5 Å². The van der Waals surface area contributed by atoms with E-state index in [0.717, 1.165) is 11.1 Å². The smallest absolute Gasteiger partial charge is 0.271 e. The van der Waals surface area contributed by atoms with E-state index in [2.05, 4.69) is 0 Å². The first-order valence-electron chi connectivity index (χ1n) is 8.85. The Kier molecular flexibility index (Phi) is 4.78. The molecule has 1 heterocycles. The third-order valence-corrected chi connectivity index (χ3v) is 4.58. The van der Waals surface area contributed by atoms with Crippen molar-refractivity contribution >= 4 is 16.7 Å². The van der Waals surface area contributed by atoms with Crippen LogP contribution in [0.3, 0.4) is 0 Å². The molecule has 29 heavy (non-hydrogen) atoms. The second-order valence-electron chi connectivity index (χ2n) is 6.25. The van der Waals surface area contributed by atoms with Crippen LogP contribution < -0.4 is 9.47 Å². The minimum Gasteiger partial charge on any atom is -0.496 e. The fraction of sp³-hybridized carbons (Fsp3) is 0.0909. The standard InChI is InChI=1S/C22H17N3O4/c1-28-19-9-5-3-7-15(19)21-22(16-8-4-6-10-20(16)29-2)24-18-13-14(25(26)27)11-12-17(18)23-21/h3-13H,1-2H3. The predicted octanol–water partition coefficient (Wildman–Crippen LogP) is 4.89. The molecule has 0 radical (unpaired) electrons. The second kappa shape index (κ2) is 7.55. The third kappa shape index (κ3) is 3.34. The SMILES string of the molecule is COc1ccccc1-c1nc2ccc([N+](=O)[O-])cc2nc1-c1ccccc1OC. The highest BCUT2D eigenvalue weighted by molar-refractivity contribution is 5.90. The topological polar surface area (TPSA) is 87.4 Å². The van der Waals surface area contributed by atoms with Crippen LogP contribution in [0.25, 0.3) is 33.5 Å². The van der Waals surface area contributed by atoms with Gasteiger partial charge in [0.2, 0.25) is 0 Å². The Balaban J connectivity index is 2.07. The van der Waals surface area contributed by atoms with Crippen LogP contribution in [-0.4, -0.2) is 29.1 Å². The zero-order valence-corrected chi connectivity index (χ0v) is 15.8. The average Bonchev–Trinajstić information content (AvgIpc) is 2.77. The molecule has 1 aromatic heterocycles. The Morgan fingerprint density at radius 3 is 1.79 bits per heavy atom. The summed E-state index contributed by atoms with van der Waals surface area (Å²) in [6.07, 6.45) is 0. The van der Waals surface area contributed by atoms with E-state index in [1.54, 1.807) is 20.3 Å². The van der Waals surface area contributed by atoms with Crippen molar-refractivity contribution in [1.29, 1.82) is 0 Å². The molecule has 0 aliphatic carbocycles. The van der Waals surface area contributed by atoms with Gasteiger partial charge >= 0.3 is 0 Å². The van der Waals surface area contributed by atoms with E-state index in [0.29, 0.717) is 33.9 Å². The monoisotopic (exact) mass is 387 g/mol. The predicted molar refractivity (Wildman–Crippen MR) is 110 cm³/mol. The normalized spacial score (nSPS) is 10.7. The molecular formula is C22H17N3O4. The van der Waals surface area contributed by atoms with E-state index in [-0.39, 0.29) is 5.69 Å². The van der Waals surface area contributed by atoms with E-state index < -0.39 is 4.92 Å². The van der Waals surface area contributed by atoms with Gasteiger partial charge in [-0.05, 0) is 30.3 Å². The summed E-state index contributed by atoms with van der Waals surface area (Å²) in [5.41, 5.74) is 3.60. The number of nitro benzene ring substituents is 1. The maximum atomic E-state index is 11.2. The lowest BCUT2D eigenvalue weighted by atomic mass is 10.0. The number of aromatic nitrogens is 2. The van der Waals surface area contributed by atoms with Crippen LogP contribution in [0.2, 0.25) is 0 Å². The Morgan fingerprint density at radius 1 is 0.759 bits per heavy atom. The summed E-state index contributed by atoms with van der Waals surface area (Å²) in [5, 5.41) is 11.2. The molecule has 0 atom stereocenters. The summed E-state index contributed by atoms with van der Waals surface area (Å²) >= 11 is 0. The van der Waals surface area contributed by atoms with E-state index >= 15 is 0 Å². The third-order valence-electron chi connectivity index (χ3n) is 4.58. The van der Waals surface area contributed by atoms with Gasteiger partial charge in [-0.3, -0.25) is 10.1 Å². The lowest BCUT2D eigenvalue weighted by Gasteiger charge is -2.15. The summed E-state index contributed by atoms with van der Waals surface area (Å²) in [7, 11) is 3.18. The number of hydrogen-bond acceptors (Lipinski definition) is 6. The van der Waals surface area contributed by atoms with Crippen molar-refractivity contribution in [3.05, 3.63) is 76.8 Å². The van der Waals surface area contributed by atoms with Crippen molar-refractivity contribution < 1.29 is 14.4 Å². The zero-order valence-electron chi connectivity index (χ0n) is 15.8. The molecule has 3 aromatic carbocycles. The summed E-state index contributed by atoms with van der Waals surface area (Å²) in [5.74, 6) is 1.28. The molecule has 0 spiro atoms. The number of nitro groups is 1. The summed E-state index contributed by atoms with van der Waals surface area (Å²) in [6.45, 7) is 0. The van der Waals surface area contributed by atoms with Gasteiger partial charge in [0.05, 0.1) is 30.2 Å². The van der Waals surface area contributed by atoms with E-state index in [9.17, 15) is 10.1 Å². The number of ether oxygens (including phenoxy) is 2. The Morgan fingerprint density at radius 2 is 1.28 bits per heavy atom. The molecule has 4 aromatic rings. The second-order valence-corrected chi connectivity index (χ2v) is 6.25. The minimum atomic E-state index is -0.446. The molecule has 7 nitrogen and oxygen atoms in total. The van der Waals surface area contributed by atoms with Gasteiger partial charge in [-0.1, -0.05) is 24.3 Å². The van der Waals surface area contributed by atoms with Gasteiger partial charge in [0.1, 0.15) is 22.9 Å². The van der Waals surface area contributed by atoms with Crippen LogP contribution in [0.15, 0.2) is 66.7 Å². The van der Waals surface area contributed by atoms with Crippen molar-refractivity contribution in [2.75, 3.05) is 14.2 Å². The number of hydrogen-bond donors (Lipinski definition) is 0. The Hall–Kier alpha value is -4.00. The molecule has 0 fully saturated rings. The largest absolute Gasteiger partial charge is 0.496 e. The molecule has 0 saturated heterocycles. The quantitative estimate of drug-likeness (QED) is 0.358. The zero-order chi connectivity index (χ0) is 20.4. The molecule has 0 aliphatic rings. The number of para-hydroxylation sites is 2. The lowest BCUT2D eigenvalue weighted by Crippen LogP contribution is -1.99. The van der Waals surface area contributed by atoms with Crippen LogP contribution in [0.4, 0.5) is 5.69 Å². The number of methoxy groups -OCH3 is 2. The molecule has 144 valence electrons. The first-order chi connectivity index (χ1) is 14.1. The van der Waals surface area contributed by atoms with Gasteiger partial charge < -0.3 is 9.47 Å². The highest BCUT2D eigenvalue weighted by atomic mass is 16.6. The number of rotatable bonds is 5. The van der Waals surface area contributed by atoms with E-state index in [1.165, 1.54) is 12.1 Å². The molecule has 0 aliphatic heterocycles. The lowest BCUT2D eigenvalue weighted by molar-refractivity contribution is -0.384. The fourth-order valence-corrected chi connectivity index (χ4v) is 3.21. The molecule has 0 unspecified atom stereocenters. The van der Waals surface area contributed by atoms with Crippen molar-refractivity contribution in [1.82, 2.24) is 9.97 Å². The van der Waals surface area contributed by atoms with E-state index in [4.69, 9.17) is 19.4 Å². The minimum absolute atomic E-state index is 0.0391. The van der Waals surface area contributed by atoms with E-state index in [1.807, 2.05) is 48.5 Å². The fourth-order valence-electron chi connectivity index (χ4n) is 3.21. The van der Waals surface area contributed by atoms with Gasteiger partial charge in [0.25, 0.3) is 5.69 Å². The number of fused-ring (bicyclic) bond motifs is 1. The highest BCUT2D eigenvalue weighted by Gasteiger charge is 2.20. The Bertz CT molecular complexity index is 1220. The first kappa shape index (κ1) is 18.4. The van der Waals surface area contributed by atoms with Crippen LogP contribution in [-0.2, 0) is 0 Å². The van der Waals surface area contributed by atoms with Crippen LogP contribution in [0, 0.1) is 10.1 Å². The molecule has 4 rings (SSSR count). The van der Waals surface area contributed by atoms with Crippen molar-refractivity contribution in [3.63, 3.8) is 0 Å². The molecule has 7 heteroatoms. The maximum absolute atomic E-state index is 11.2. The average molecular weight is 387 g/mol. The summed E-state index contributed by atoms with van der Waals surface area (Å²) < 4.78 is 11.0. The molecule has 0 N–H and O–H groups in total. The van der Waals surface area contributed by atoms with Crippen LogP contribution >= 0.6 is 0 Å². The first-order valence-corrected chi connectivity index (χ1v) is 8.85. The van der Waals surface area contributed by atoms with Gasteiger partial charge in [-0.2, -0.15) is 0 Å². The summed E-state index contributed by atoms with van der Waals surface area (Å²) in [6, 6.07) is 19.4. The van der Waals surface area contributed by atoms with Gasteiger partial charge in [-0.15, -0.1) is 0 Å². The number of non-ortho nitro benzene ring substituents is 1. The molecule has 0 amide bonds. The van der Waals surface area contributed by atoms with Gasteiger partial charge in [0, 0.05) is 23.3 Å². The molecular weight excluding hydrogens is 370 g/mol. The number of nitrogens with zero attached hydrogens (tertiary/aromatic N) is 3. The Labute approximate surface area is 166 Å². The number of benzene rings is 3. The summed E-state index contributed by atoms with van der Waals surface area (Å²) in [4.78, 5) is 20.3. The van der Waals surface area contributed by atoms with Gasteiger partial charge in [0.15, 0.2) is 0 Å². The highest BCUT2D eigenvalue weighted by Crippen LogP contribution is 2.39. The molecule has 0 saturated carbocycles. The van der Waals surface area contributed by atoms with Crippen molar-refractivity contribution in [3.8, 4) is 34.0 Å². The van der Waals surface area contributed by atoms with Crippen LogP contribution in [0.1, 0.15) is 0 Å². The molecule has 0 bridgehead atoms. The van der Waals surface area contributed by atoms with Crippen molar-refractivity contribution in [2.24, 2.45) is 0 Å². The maximum Gasteiger partial charge on any atom is 0.271 e. The van der Waals surface area contributed by atoms with Gasteiger partial charge in [-0.25, -0.2) is 9.97 Å². The van der Waals surface area contributed by atoms with Crippen molar-refractivity contribution in [2.45, 2.75) is 0 Å².